The number of ether oxygens (including phenoxy) is 1. The second-order valence-electron chi connectivity index (χ2n) is 7.56. The van der Waals surface area contributed by atoms with Crippen molar-refractivity contribution in [3.63, 3.8) is 0 Å². The number of amides is 2. The molecule has 3 aliphatic heterocycles. The van der Waals surface area contributed by atoms with Crippen molar-refractivity contribution < 1.29 is 19.4 Å². The average molecular weight is 358 g/mol. The van der Waals surface area contributed by atoms with E-state index in [0.717, 1.165) is 31.5 Å². The lowest BCUT2D eigenvalue weighted by molar-refractivity contribution is -0.174. The Labute approximate surface area is 153 Å². The number of nitrogens with zero attached hydrogens (tertiary/aromatic N) is 2. The summed E-state index contributed by atoms with van der Waals surface area (Å²) >= 11 is 0. The van der Waals surface area contributed by atoms with Crippen LogP contribution in [0, 0.1) is 0 Å². The summed E-state index contributed by atoms with van der Waals surface area (Å²) in [6, 6.07) is 7.36. The Morgan fingerprint density at radius 2 is 2.00 bits per heavy atom. The molecule has 140 valence electrons. The van der Waals surface area contributed by atoms with Crippen molar-refractivity contribution in [3.8, 4) is 0 Å². The molecule has 0 aliphatic carbocycles. The van der Waals surface area contributed by atoms with Gasteiger partial charge in [0.15, 0.2) is 0 Å². The number of likely N-dealkylation sites (tertiary alicyclic amines) is 1. The summed E-state index contributed by atoms with van der Waals surface area (Å²) < 4.78 is 5.92. The summed E-state index contributed by atoms with van der Waals surface area (Å²) in [5.74, 6) is 0.108. The maximum atomic E-state index is 12.9. The SMILES string of the molecule is O=C(c1cccc(N2CCCC2=O)c1)N1CCC2(CC1)OCCCC2O. The van der Waals surface area contributed by atoms with Gasteiger partial charge in [-0.05, 0) is 50.3 Å². The molecule has 6 heteroatoms. The van der Waals surface area contributed by atoms with E-state index in [1.54, 1.807) is 4.90 Å². The van der Waals surface area contributed by atoms with E-state index < -0.39 is 11.7 Å². The molecule has 3 fully saturated rings. The first-order chi connectivity index (χ1) is 12.6. The molecule has 1 N–H and O–H groups in total. The van der Waals surface area contributed by atoms with Crippen LogP contribution in [0.15, 0.2) is 24.3 Å². The lowest BCUT2D eigenvalue weighted by Crippen LogP contribution is -2.56. The van der Waals surface area contributed by atoms with Crippen molar-refractivity contribution in [1.82, 2.24) is 4.90 Å². The minimum atomic E-state index is -0.473. The number of carbonyl (C=O) groups excluding carboxylic acids is 2. The third-order valence-corrected chi connectivity index (χ3v) is 5.99. The molecule has 0 radical (unpaired) electrons. The van der Waals surface area contributed by atoms with Gasteiger partial charge in [-0.3, -0.25) is 9.59 Å². The predicted octanol–water partition coefficient (Wildman–Crippen LogP) is 1.96. The van der Waals surface area contributed by atoms with Crippen molar-refractivity contribution in [1.29, 1.82) is 0 Å². The van der Waals surface area contributed by atoms with Crippen LogP contribution in [0.3, 0.4) is 0 Å². The maximum absolute atomic E-state index is 12.9. The van der Waals surface area contributed by atoms with Crippen LogP contribution in [0.2, 0.25) is 0 Å². The van der Waals surface area contributed by atoms with E-state index in [1.165, 1.54) is 0 Å². The van der Waals surface area contributed by atoms with Gasteiger partial charge in [-0.15, -0.1) is 0 Å². The molecule has 1 atom stereocenters. The van der Waals surface area contributed by atoms with Crippen molar-refractivity contribution in [2.75, 3.05) is 31.1 Å². The molecule has 6 nitrogen and oxygen atoms in total. The molecule has 1 unspecified atom stereocenters. The fourth-order valence-corrected chi connectivity index (χ4v) is 4.39. The normalized spacial score (nSPS) is 25.7. The Bertz CT molecular complexity index is 697. The van der Waals surface area contributed by atoms with Crippen molar-refractivity contribution in [3.05, 3.63) is 29.8 Å². The highest BCUT2D eigenvalue weighted by Gasteiger charge is 2.44. The van der Waals surface area contributed by atoms with Gasteiger partial charge in [0, 0.05) is 43.9 Å². The van der Waals surface area contributed by atoms with E-state index in [9.17, 15) is 14.7 Å². The Hall–Kier alpha value is -1.92. The van der Waals surface area contributed by atoms with Gasteiger partial charge >= 0.3 is 0 Å². The van der Waals surface area contributed by atoms with Gasteiger partial charge in [0.2, 0.25) is 5.91 Å². The molecule has 4 rings (SSSR count). The maximum Gasteiger partial charge on any atom is 0.253 e. The van der Waals surface area contributed by atoms with Gasteiger partial charge in [-0.25, -0.2) is 0 Å². The topological polar surface area (TPSA) is 70.1 Å². The largest absolute Gasteiger partial charge is 0.390 e. The molecule has 26 heavy (non-hydrogen) atoms. The molecule has 0 aromatic heterocycles. The monoisotopic (exact) mass is 358 g/mol. The zero-order chi connectivity index (χ0) is 18.1. The highest BCUT2D eigenvalue weighted by molar-refractivity contribution is 5.99. The summed E-state index contributed by atoms with van der Waals surface area (Å²) in [6.07, 6.45) is 4.03. The van der Waals surface area contributed by atoms with Gasteiger partial charge in [0.25, 0.3) is 5.91 Å². The third kappa shape index (κ3) is 3.12. The highest BCUT2D eigenvalue weighted by Crippen LogP contribution is 2.35. The first-order valence-electron chi connectivity index (χ1n) is 9.61. The van der Waals surface area contributed by atoms with Crippen LogP contribution >= 0.6 is 0 Å². The van der Waals surface area contributed by atoms with Gasteiger partial charge in [-0.1, -0.05) is 6.07 Å². The highest BCUT2D eigenvalue weighted by atomic mass is 16.5. The second kappa shape index (κ2) is 7.00. The van der Waals surface area contributed by atoms with Gasteiger partial charge in [0.05, 0.1) is 11.7 Å². The summed E-state index contributed by atoms with van der Waals surface area (Å²) in [4.78, 5) is 28.5. The van der Waals surface area contributed by atoms with E-state index >= 15 is 0 Å². The van der Waals surface area contributed by atoms with Gasteiger partial charge < -0.3 is 19.6 Å². The number of hydrogen-bond acceptors (Lipinski definition) is 4. The van der Waals surface area contributed by atoms with Crippen LogP contribution in [0.25, 0.3) is 0 Å². The lowest BCUT2D eigenvalue weighted by atomic mass is 9.82. The van der Waals surface area contributed by atoms with Crippen LogP contribution in [0.5, 0.6) is 0 Å². The molecule has 0 saturated carbocycles. The third-order valence-electron chi connectivity index (χ3n) is 5.99. The standard InChI is InChI=1S/C20H26N2O4/c23-17-6-3-13-26-20(17)8-11-21(12-9-20)19(25)15-4-1-5-16(14-15)22-10-2-7-18(22)24/h1,4-5,14,17,23H,2-3,6-13H2. The number of carbonyl (C=O) groups is 2. The molecule has 2 amide bonds. The first-order valence-corrected chi connectivity index (χ1v) is 9.61. The van der Waals surface area contributed by atoms with E-state index in [-0.39, 0.29) is 11.8 Å². The smallest absolute Gasteiger partial charge is 0.253 e. The number of piperidine rings is 1. The number of aliphatic hydroxyl groups excluding tert-OH is 1. The van der Waals surface area contributed by atoms with Crippen molar-refractivity contribution >= 4 is 17.5 Å². The first kappa shape index (κ1) is 17.5. The Morgan fingerprint density at radius 1 is 1.19 bits per heavy atom. The molecular weight excluding hydrogens is 332 g/mol. The predicted molar refractivity (Wildman–Crippen MR) is 97.1 cm³/mol. The average Bonchev–Trinajstić information content (AvgIpc) is 3.10. The second-order valence-corrected chi connectivity index (χ2v) is 7.56. The summed E-state index contributed by atoms with van der Waals surface area (Å²) in [5.41, 5.74) is 0.944. The zero-order valence-corrected chi connectivity index (χ0v) is 15.0. The zero-order valence-electron chi connectivity index (χ0n) is 15.0. The van der Waals surface area contributed by atoms with Crippen molar-refractivity contribution in [2.45, 2.75) is 50.2 Å². The fraction of sp³-hybridized carbons (Fsp3) is 0.600. The molecule has 0 bridgehead atoms. The van der Waals surface area contributed by atoms with Crippen LogP contribution in [0.4, 0.5) is 5.69 Å². The number of aliphatic hydroxyl groups is 1. The van der Waals surface area contributed by atoms with E-state index in [0.29, 0.717) is 44.5 Å². The molecule has 1 aromatic carbocycles. The number of benzene rings is 1. The van der Waals surface area contributed by atoms with Crippen LogP contribution in [0.1, 0.15) is 48.9 Å². The van der Waals surface area contributed by atoms with E-state index in [1.807, 2.05) is 29.2 Å². The van der Waals surface area contributed by atoms with Crippen LogP contribution in [-0.4, -0.2) is 59.8 Å². The lowest BCUT2D eigenvalue weighted by Gasteiger charge is -2.46. The Morgan fingerprint density at radius 3 is 2.69 bits per heavy atom. The van der Waals surface area contributed by atoms with Crippen LogP contribution in [-0.2, 0) is 9.53 Å². The Balaban J connectivity index is 1.45. The van der Waals surface area contributed by atoms with E-state index in [4.69, 9.17) is 4.74 Å². The molecule has 1 aromatic rings. The van der Waals surface area contributed by atoms with Gasteiger partial charge in [-0.2, -0.15) is 0 Å². The molecular formula is C20H26N2O4. The number of rotatable bonds is 2. The number of anilines is 1. The molecule has 3 heterocycles. The van der Waals surface area contributed by atoms with Crippen LogP contribution < -0.4 is 4.90 Å². The Kier molecular flexibility index (Phi) is 4.71. The van der Waals surface area contributed by atoms with E-state index in [2.05, 4.69) is 0 Å². The number of hydrogen-bond donors (Lipinski definition) is 1. The van der Waals surface area contributed by atoms with Crippen molar-refractivity contribution in [2.24, 2.45) is 0 Å². The summed E-state index contributed by atoms with van der Waals surface area (Å²) in [6.45, 7) is 2.58. The quantitative estimate of drug-likeness (QED) is 0.877. The summed E-state index contributed by atoms with van der Waals surface area (Å²) in [5, 5.41) is 10.3. The summed E-state index contributed by atoms with van der Waals surface area (Å²) in [7, 11) is 0. The molecule has 3 saturated heterocycles. The van der Waals surface area contributed by atoms with Gasteiger partial charge in [0.1, 0.15) is 0 Å². The fourth-order valence-electron chi connectivity index (χ4n) is 4.39. The minimum Gasteiger partial charge on any atom is -0.390 e. The molecule has 3 aliphatic rings. The molecule has 1 spiro atoms. The minimum absolute atomic E-state index is 0.0151.